The molecule has 0 bridgehead atoms. The first kappa shape index (κ1) is 17.8. The maximum absolute atomic E-state index is 3.67. The average molecular weight is 289 g/mol. The van der Waals surface area contributed by atoms with E-state index in [9.17, 15) is 0 Å². The standard InChI is InChI=1S/C19H32N2/c1-7-21(8-2)15-18(19(4,5)6)20-14-16(3)17-12-10-9-11-13-17/h9-14,18,20H,7-8,15H2,1-6H3/p+1/b16-14-/t18-/m1/s1. The van der Waals surface area contributed by atoms with E-state index in [2.05, 4.69) is 83.4 Å². The summed E-state index contributed by atoms with van der Waals surface area (Å²) < 4.78 is 0. The van der Waals surface area contributed by atoms with Crippen LogP contribution in [0.5, 0.6) is 0 Å². The van der Waals surface area contributed by atoms with Crippen molar-refractivity contribution in [1.82, 2.24) is 5.32 Å². The SMILES string of the molecule is CC[NH+](CC)C[C@@H](N/C=C(/C)c1ccccc1)C(C)(C)C. The molecule has 1 aromatic rings. The molecule has 1 rings (SSSR count). The van der Waals surface area contributed by atoms with Crippen LogP contribution in [0.4, 0.5) is 0 Å². The second kappa shape index (κ2) is 8.23. The van der Waals surface area contributed by atoms with Gasteiger partial charge in [-0.25, -0.2) is 0 Å². The Morgan fingerprint density at radius 1 is 1.14 bits per heavy atom. The van der Waals surface area contributed by atoms with Crippen LogP contribution in [0.15, 0.2) is 36.5 Å². The van der Waals surface area contributed by atoms with Crippen molar-refractivity contribution in [2.24, 2.45) is 5.41 Å². The van der Waals surface area contributed by atoms with Gasteiger partial charge in [0, 0.05) is 6.20 Å². The Morgan fingerprint density at radius 3 is 2.19 bits per heavy atom. The first-order valence-corrected chi connectivity index (χ1v) is 8.20. The molecule has 1 atom stereocenters. The van der Waals surface area contributed by atoms with Crippen molar-refractivity contribution in [2.45, 2.75) is 47.6 Å². The van der Waals surface area contributed by atoms with Gasteiger partial charge in [-0.15, -0.1) is 0 Å². The fraction of sp³-hybridized carbons (Fsp3) is 0.579. The van der Waals surface area contributed by atoms with E-state index >= 15 is 0 Å². The van der Waals surface area contributed by atoms with Gasteiger partial charge in [-0.1, -0.05) is 51.1 Å². The minimum Gasteiger partial charge on any atom is -0.382 e. The predicted molar refractivity (Wildman–Crippen MR) is 93.4 cm³/mol. The van der Waals surface area contributed by atoms with Gasteiger partial charge in [0.2, 0.25) is 0 Å². The van der Waals surface area contributed by atoms with E-state index in [0.717, 1.165) is 6.54 Å². The number of hydrogen-bond donors (Lipinski definition) is 2. The molecule has 0 saturated heterocycles. The van der Waals surface area contributed by atoms with Crippen LogP contribution in [0.25, 0.3) is 5.57 Å². The molecule has 2 N–H and O–H groups in total. The van der Waals surface area contributed by atoms with Crippen LogP contribution in [0.3, 0.4) is 0 Å². The summed E-state index contributed by atoms with van der Waals surface area (Å²) >= 11 is 0. The maximum atomic E-state index is 3.67. The summed E-state index contributed by atoms with van der Waals surface area (Å²) in [6.07, 6.45) is 2.19. The van der Waals surface area contributed by atoms with Gasteiger partial charge < -0.3 is 10.2 Å². The fourth-order valence-electron chi connectivity index (χ4n) is 2.45. The highest BCUT2D eigenvalue weighted by Gasteiger charge is 2.27. The summed E-state index contributed by atoms with van der Waals surface area (Å²) in [5, 5.41) is 3.67. The van der Waals surface area contributed by atoms with Crippen LogP contribution in [-0.2, 0) is 0 Å². The van der Waals surface area contributed by atoms with Crippen molar-refractivity contribution in [3.63, 3.8) is 0 Å². The Morgan fingerprint density at radius 2 is 1.71 bits per heavy atom. The quantitative estimate of drug-likeness (QED) is 0.789. The molecule has 1 aromatic carbocycles. The van der Waals surface area contributed by atoms with Crippen LogP contribution < -0.4 is 10.2 Å². The Hall–Kier alpha value is -1.28. The molecule has 118 valence electrons. The van der Waals surface area contributed by atoms with Crippen LogP contribution in [-0.4, -0.2) is 25.7 Å². The van der Waals surface area contributed by atoms with Gasteiger partial charge in [-0.05, 0) is 37.3 Å². The summed E-state index contributed by atoms with van der Waals surface area (Å²) in [4.78, 5) is 1.65. The molecule has 0 saturated carbocycles. The predicted octanol–water partition coefficient (Wildman–Crippen LogP) is 2.98. The lowest BCUT2D eigenvalue weighted by molar-refractivity contribution is -0.898. The number of likely N-dealkylation sites (N-methyl/N-ethyl adjacent to an activating group) is 1. The van der Waals surface area contributed by atoms with E-state index in [1.807, 2.05) is 0 Å². The molecule has 21 heavy (non-hydrogen) atoms. The number of allylic oxidation sites excluding steroid dienone is 1. The van der Waals surface area contributed by atoms with Crippen molar-refractivity contribution in [2.75, 3.05) is 19.6 Å². The summed E-state index contributed by atoms with van der Waals surface area (Å²) in [5.74, 6) is 0. The normalized spacial score (nSPS) is 14.3. The lowest BCUT2D eigenvalue weighted by atomic mass is 9.86. The lowest BCUT2D eigenvalue weighted by Gasteiger charge is -2.33. The van der Waals surface area contributed by atoms with E-state index in [1.165, 1.54) is 24.2 Å². The number of rotatable bonds is 7. The topological polar surface area (TPSA) is 16.5 Å². The van der Waals surface area contributed by atoms with E-state index in [-0.39, 0.29) is 5.41 Å². The molecule has 0 unspecified atom stereocenters. The van der Waals surface area contributed by atoms with Crippen LogP contribution >= 0.6 is 0 Å². The van der Waals surface area contributed by atoms with Gasteiger partial charge in [0.15, 0.2) is 0 Å². The molecular weight excluding hydrogens is 256 g/mol. The van der Waals surface area contributed by atoms with Gasteiger partial charge in [0.1, 0.15) is 0 Å². The molecular formula is C19H33N2+. The van der Waals surface area contributed by atoms with E-state index in [1.54, 1.807) is 4.90 Å². The number of hydrogen-bond acceptors (Lipinski definition) is 1. The molecule has 0 heterocycles. The van der Waals surface area contributed by atoms with Crippen molar-refractivity contribution >= 4 is 5.57 Å². The van der Waals surface area contributed by atoms with Gasteiger partial charge in [0.25, 0.3) is 0 Å². The Bertz CT molecular complexity index is 425. The third-order valence-electron chi connectivity index (χ3n) is 4.27. The van der Waals surface area contributed by atoms with Crippen molar-refractivity contribution in [3.8, 4) is 0 Å². The van der Waals surface area contributed by atoms with E-state index in [4.69, 9.17) is 0 Å². The molecule has 0 amide bonds. The number of benzene rings is 1. The van der Waals surface area contributed by atoms with Crippen LogP contribution in [0.2, 0.25) is 0 Å². The molecule has 0 aliphatic heterocycles. The van der Waals surface area contributed by atoms with Gasteiger partial charge >= 0.3 is 0 Å². The highest BCUT2D eigenvalue weighted by molar-refractivity contribution is 5.63. The van der Waals surface area contributed by atoms with Crippen LogP contribution in [0.1, 0.15) is 47.1 Å². The molecule has 0 aliphatic carbocycles. The first-order chi connectivity index (χ1) is 9.88. The van der Waals surface area contributed by atoms with Gasteiger partial charge in [0.05, 0.1) is 25.7 Å². The molecule has 2 heteroatoms. The first-order valence-electron chi connectivity index (χ1n) is 8.20. The highest BCUT2D eigenvalue weighted by atomic mass is 15.1. The van der Waals surface area contributed by atoms with Gasteiger partial charge in [-0.3, -0.25) is 0 Å². The molecule has 0 fully saturated rings. The lowest BCUT2D eigenvalue weighted by Crippen LogP contribution is -3.13. The number of quaternary nitrogens is 1. The number of nitrogens with one attached hydrogen (secondary N) is 2. The van der Waals surface area contributed by atoms with Crippen molar-refractivity contribution < 1.29 is 4.90 Å². The van der Waals surface area contributed by atoms with E-state index in [0.29, 0.717) is 6.04 Å². The summed E-state index contributed by atoms with van der Waals surface area (Å²) in [6.45, 7) is 17.2. The highest BCUT2D eigenvalue weighted by Crippen LogP contribution is 2.19. The third-order valence-corrected chi connectivity index (χ3v) is 4.27. The fourth-order valence-corrected chi connectivity index (χ4v) is 2.45. The molecule has 0 radical (unpaired) electrons. The Kier molecular flexibility index (Phi) is 6.97. The summed E-state index contributed by atoms with van der Waals surface area (Å²) in [5.41, 5.74) is 2.83. The Labute approximate surface area is 131 Å². The minimum absolute atomic E-state index is 0.253. The summed E-state index contributed by atoms with van der Waals surface area (Å²) in [6, 6.07) is 11.0. The molecule has 2 nitrogen and oxygen atoms in total. The minimum atomic E-state index is 0.253. The largest absolute Gasteiger partial charge is 0.382 e. The van der Waals surface area contributed by atoms with Crippen molar-refractivity contribution in [3.05, 3.63) is 42.1 Å². The zero-order valence-corrected chi connectivity index (χ0v) is 14.7. The zero-order chi connectivity index (χ0) is 15.9. The maximum Gasteiger partial charge on any atom is 0.0980 e. The summed E-state index contributed by atoms with van der Waals surface area (Å²) in [7, 11) is 0. The van der Waals surface area contributed by atoms with E-state index < -0.39 is 0 Å². The smallest absolute Gasteiger partial charge is 0.0980 e. The average Bonchev–Trinajstić information content (AvgIpc) is 2.47. The second-order valence-corrected chi connectivity index (χ2v) is 6.94. The Balaban J connectivity index is 2.78. The second-order valence-electron chi connectivity index (χ2n) is 6.94. The molecule has 0 aromatic heterocycles. The monoisotopic (exact) mass is 289 g/mol. The van der Waals surface area contributed by atoms with Crippen LogP contribution in [0, 0.1) is 5.41 Å². The molecule has 0 aliphatic rings. The van der Waals surface area contributed by atoms with Gasteiger partial charge in [-0.2, -0.15) is 0 Å². The third kappa shape index (κ3) is 5.92. The van der Waals surface area contributed by atoms with Crippen molar-refractivity contribution in [1.29, 1.82) is 0 Å². The molecule has 0 spiro atoms. The zero-order valence-electron chi connectivity index (χ0n) is 14.7.